The van der Waals surface area contributed by atoms with Crippen LogP contribution in [0.25, 0.3) is 0 Å². The fourth-order valence-corrected chi connectivity index (χ4v) is 3.08. The zero-order valence-electron chi connectivity index (χ0n) is 14.6. The molecule has 134 valence electrons. The molecule has 3 rings (SSSR count). The minimum atomic E-state index is -0.228. The summed E-state index contributed by atoms with van der Waals surface area (Å²) in [5.74, 6) is 1.27. The van der Waals surface area contributed by atoms with Crippen molar-refractivity contribution >= 4 is 5.91 Å². The minimum absolute atomic E-state index is 0.107. The summed E-state index contributed by atoms with van der Waals surface area (Å²) in [6.45, 7) is 4.08. The molecular weight excluding hydrogens is 320 g/mol. The molecule has 1 aliphatic rings. The Labute approximate surface area is 147 Å². The Hall–Kier alpha value is -2.34. The van der Waals surface area contributed by atoms with Crippen LogP contribution >= 0.6 is 0 Å². The van der Waals surface area contributed by atoms with Crippen LogP contribution in [-0.4, -0.2) is 28.3 Å². The normalized spacial score (nSPS) is 20.3. The van der Waals surface area contributed by atoms with E-state index in [0.29, 0.717) is 17.9 Å². The van der Waals surface area contributed by atoms with Gasteiger partial charge < -0.3 is 19.7 Å². The molecule has 0 aliphatic heterocycles. The fraction of sp³-hybridized carbons (Fsp3) is 0.474. The first kappa shape index (κ1) is 17.5. The molecule has 0 atom stereocenters. The first-order valence-corrected chi connectivity index (χ1v) is 8.66. The number of nitrogens with one attached hydrogen (secondary N) is 1. The number of nitrogens with zero attached hydrogens (tertiary/aromatic N) is 1. The summed E-state index contributed by atoms with van der Waals surface area (Å²) in [6, 6.07) is 7.28. The quantitative estimate of drug-likeness (QED) is 0.871. The van der Waals surface area contributed by atoms with Crippen LogP contribution in [0.4, 0.5) is 0 Å². The van der Waals surface area contributed by atoms with Gasteiger partial charge in [-0.05, 0) is 57.7 Å². The maximum Gasteiger partial charge on any atom is 0.251 e. The Morgan fingerprint density at radius 2 is 2.08 bits per heavy atom. The summed E-state index contributed by atoms with van der Waals surface area (Å²) in [5, 5.41) is 16.5. The highest BCUT2D eigenvalue weighted by atomic mass is 16.5. The molecule has 0 spiro atoms. The summed E-state index contributed by atoms with van der Waals surface area (Å²) < 4.78 is 10.9. The number of aliphatic hydroxyl groups is 1. The van der Waals surface area contributed by atoms with Gasteiger partial charge in [-0.1, -0.05) is 11.2 Å². The zero-order valence-corrected chi connectivity index (χ0v) is 14.6. The average molecular weight is 344 g/mol. The van der Waals surface area contributed by atoms with Crippen LogP contribution in [0, 0.1) is 13.8 Å². The van der Waals surface area contributed by atoms with Crippen molar-refractivity contribution in [3.05, 3.63) is 46.8 Å². The molecule has 2 N–H and O–H groups in total. The molecule has 6 heteroatoms. The molecule has 1 amide bonds. The fourth-order valence-electron chi connectivity index (χ4n) is 3.08. The van der Waals surface area contributed by atoms with Crippen LogP contribution in [0.5, 0.6) is 5.75 Å². The van der Waals surface area contributed by atoms with E-state index in [9.17, 15) is 9.90 Å². The smallest absolute Gasteiger partial charge is 0.251 e. The second kappa shape index (κ2) is 7.70. The number of aromatic nitrogens is 1. The lowest BCUT2D eigenvalue weighted by Gasteiger charge is -2.26. The SMILES string of the molecule is Cc1noc(C)c1COc1cccc(C(=O)NC2CCC(O)CC2)c1. The number of hydrogen-bond donors (Lipinski definition) is 2. The Balaban J connectivity index is 1.60. The van der Waals surface area contributed by atoms with Crippen molar-refractivity contribution in [3.8, 4) is 5.75 Å². The highest BCUT2D eigenvalue weighted by molar-refractivity contribution is 5.94. The van der Waals surface area contributed by atoms with Gasteiger partial charge in [0.05, 0.1) is 17.4 Å². The Morgan fingerprint density at radius 3 is 2.76 bits per heavy atom. The number of amides is 1. The molecule has 1 saturated carbocycles. The van der Waals surface area contributed by atoms with E-state index in [1.54, 1.807) is 12.1 Å². The van der Waals surface area contributed by atoms with E-state index in [4.69, 9.17) is 9.26 Å². The number of carbonyl (C=O) groups excluding carboxylic acids is 1. The van der Waals surface area contributed by atoms with E-state index < -0.39 is 0 Å². The highest BCUT2D eigenvalue weighted by Crippen LogP contribution is 2.21. The Kier molecular flexibility index (Phi) is 5.38. The van der Waals surface area contributed by atoms with Crippen molar-refractivity contribution in [2.45, 2.75) is 58.3 Å². The third-order valence-corrected chi connectivity index (χ3v) is 4.69. The van der Waals surface area contributed by atoms with Crippen molar-refractivity contribution in [1.82, 2.24) is 10.5 Å². The molecule has 2 aromatic rings. The molecule has 1 aromatic carbocycles. The molecule has 0 saturated heterocycles. The van der Waals surface area contributed by atoms with Crippen LogP contribution < -0.4 is 10.1 Å². The van der Waals surface area contributed by atoms with Gasteiger partial charge in [0.15, 0.2) is 0 Å². The second-order valence-corrected chi connectivity index (χ2v) is 6.60. The van der Waals surface area contributed by atoms with Crippen LogP contribution in [0.1, 0.15) is 53.1 Å². The minimum Gasteiger partial charge on any atom is -0.489 e. The first-order chi connectivity index (χ1) is 12.0. The number of carbonyl (C=O) groups is 1. The van der Waals surface area contributed by atoms with E-state index in [1.165, 1.54) is 0 Å². The van der Waals surface area contributed by atoms with Crippen molar-refractivity contribution in [2.24, 2.45) is 0 Å². The van der Waals surface area contributed by atoms with Gasteiger partial charge in [-0.25, -0.2) is 0 Å². The van der Waals surface area contributed by atoms with Gasteiger partial charge in [-0.15, -0.1) is 0 Å². The molecule has 1 aliphatic carbocycles. The third-order valence-electron chi connectivity index (χ3n) is 4.69. The van der Waals surface area contributed by atoms with Crippen LogP contribution in [0.3, 0.4) is 0 Å². The van der Waals surface area contributed by atoms with Gasteiger partial charge in [-0.3, -0.25) is 4.79 Å². The molecule has 6 nitrogen and oxygen atoms in total. The standard InChI is InChI=1S/C19H24N2O4/c1-12-18(13(2)25-21-12)11-24-17-5-3-4-14(10-17)19(23)20-15-6-8-16(22)9-7-15/h3-5,10,15-16,22H,6-9,11H2,1-2H3,(H,20,23). The number of aryl methyl sites for hydroxylation is 2. The molecule has 0 unspecified atom stereocenters. The number of hydrogen-bond acceptors (Lipinski definition) is 5. The van der Waals surface area contributed by atoms with Gasteiger partial charge in [0.2, 0.25) is 0 Å². The highest BCUT2D eigenvalue weighted by Gasteiger charge is 2.21. The average Bonchev–Trinajstić information content (AvgIpc) is 2.93. The van der Waals surface area contributed by atoms with Crippen LogP contribution in [-0.2, 0) is 6.61 Å². The second-order valence-electron chi connectivity index (χ2n) is 6.60. The largest absolute Gasteiger partial charge is 0.489 e. The van der Waals surface area contributed by atoms with E-state index in [0.717, 1.165) is 42.7 Å². The molecule has 1 heterocycles. The van der Waals surface area contributed by atoms with E-state index in [2.05, 4.69) is 10.5 Å². The van der Waals surface area contributed by atoms with Gasteiger partial charge >= 0.3 is 0 Å². The van der Waals surface area contributed by atoms with Crippen molar-refractivity contribution < 1.29 is 19.2 Å². The summed E-state index contributed by atoms with van der Waals surface area (Å²) in [4.78, 5) is 12.4. The topological polar surface area (TPSA) is 84.6 Å². The van der Waals surface area contributed by atoms with Gasteiger partial charge in [-0.2, -0.15) is 0 Å². The molecule has 1 fully saturated rings. The molecular formula is C19H24N2O4. The van der Waals surface area contributed by atoms with E-state index >= 15 is 0 Å². The Morgan fingerprint density at radius 1 is 1.32 bits per heavy atom. The lowest BCUT2D eigenvalue weighted by molar-refractivity contribution is 0.0867. The monoisotopic (exact) mass is 344 g/mol. The third kappa shape index (κ3) is 4.39. The van der Waals surface area contributed by atoms with Crippen LogP contribution in [0.15, 0.2) is 28.8 Å². The van der Waals surface area contributed by atoms with Gasteiger partial charge in [0.1, 0.15) is 18.1 Å². The van der Waals surface area contributed by atoms with Gasteiger partial charge in [0.25, 0.3) is 5.91 Å². The number of benzene rings is 1. The first-order valence-electron chi connectivity index (χ1n) is 8.66. The summed E-state index contributed by atoms with van der Waals surface area (Å²) in [7, 11) is 0. The molecule has 25 heavy (non-hydrogen) atoms. The predicted molar refractivity (Wildman–Crippen MR) is 92.5 cm³/mol. The number of aliphatic hydroxyl groups excluding tert-OH is 1. The summed E-state index contributed by atoms with van der Waals surface area (Å²) in [5.41, 5.74) is 2.31. The van der Waals surface area contributed by atoms with E-state index in [1.807, 2.05) is 26.0 Å². The molecule has 0 radical (unpaired) electrons. The Bertz CT molecular complexity index is 713. The maximum atomic E-state index is 12.4. The van der Waals surface area contributed by atoms with Crippen molar-refractivity contribution in [2.75, 3.05) is 0 Å². The number of rotatable bonds is 5. The lowest BCUT2D eigenvalue weighted by Crippen LogP contribution is -2.38. The molecule has 1 aromatic heterocycles. The van der Waals surface area contributed by atoms with Crippen LogP contribution in [0.2, 0.25) is 0 Å². The summed E-state index contributed by atoms with van der Waals surface area (Å²) in [6.07, 6.45) is 2.88. The zero-order chi connectivity index (χ0) is 17.8. The van der Waals surface area contributed by atoms with Crippen molar-refractivity contribution in [1.29, 1.82) is 0 Å². The van der Waals surface area contributed by atoms with Gasteiger partial charge in [0, 0.05) is 11.6 Å². The maximum absolute atomic E-state index is 12.4. The molecule has 0 bridgehead atoms. The predicted octanol–water partition coefficient (Wildman–Crippen LogP) is 2.90. The van der Waals surface area contributed by atoms with E-state index in [-0.39, 0.29) is 18.1 Å². The van der Waals surface area contributed by atoms with Crippen molar-refractivity contribution in [3.63, 3.8) is 0 Å². The lowest BCUT2D eigenvalue weighted by atomic mass is 9.93. The number of ether oxygens (including phenoxy) is 1. The summed E-state index contributed by atoms with van der Waals surface area (Å²) >= 11 is 0.